The summed E-state index contributed by atoms with van der Waals surface area (Å²) in [7, 11) is 5.74. The van der Waals surface area contributed by atoms with E-state index in [0.717, 1.165) is 31.7 Å². The Balaban J connectivity index is 2.28. The fourth-order valence-electron chi connectivity index (χ4n) is 2.53. The summed E-state index contributed by atoms with van der Waals surface area (Å²) in [5.41, 5.74) is 0.414. The molecule has 2 rings (SSSR count). The van der Waals surface area contributed by atoms with E-state index in [1.165, 1.54) is 6.07 Å². The zero-order chi connectivity index (χ0) is 16.1. The van der Waals surface area contributed by atoms with Crippen LogP contribution in [0.1, 0.15) is 18.5 Å². The summed E-state index contributed by atoms with van der Waals surface area (Å²) in [5, 5.41) is 14.5. The molecule has 0 radical (unpaired) electrons. The highest BCUT2D eigenvalue weighted by Gasteiger charge is 2.21. The van der Waals surface area contributed by atoms with Crippen LogP contribution in [0.2, 0.25) is 0 Å². The molecule has 0 aromatic carbocycles. The predicted molar refractivity (Wildman–Crippen MR) is 87.9 cm³/mol. The second kappa shape index (κ2) is 7.22. The van der Waals surface area contributed by atoms with Gasteiger partial charge in [0.1, 0.15) is 11.5 Å². The van der Waals surface area contributed by atoms with E-state index in [2.05, 4.69) is 15.2 Å². The van der Waals surface area contributed by atoms with Gasteiger partial charge in [-0.25, -0.2) is 4.98 Å². The van der Waals surface area contributed by atoms with Crippen LogP contribution in [-0.4, -0.2) is 55.1 Å². The topological polar surface area (TPSA) is 74.5 Å². The van der Waals surface area contributed by atoms with Crippen molar-refractivity contribution in [3.8, 4) is 0 Å². The van der Waals surface area contributed by atoms with Crippen LogP contribution in [0.15, 0.2) is 18.3 Å². The van der Waals surface area contributed by atoms with E-state index >= 15 is 0 Å². The molecule has 1 N–H and O–H groups in total. The van der Waals surface area contributed by atoms with Gasteiger partial charge in [0.15, 0.2) is 0 Å². The first-order valence-corrected chi connectivity index (χ1v) is 7.42. The van der Waals surface area contributed by atoms with Gasteiger partial charge in [0, 0.05) is 39.5 Å². The Morgan fingerprint density at radius 3 is 2.59 bits per heavy atom. The zero-order valence-electron chi connectivity index (χ0n) is 13.3. The predicted octanol–water partition coefficient (Wildman–Crippen LogP) is 1.71. The minimum absolute atomic E-state index is 0.0283. The van der Waals surface area contributed by atoms with Crippen molar-refractivity contribution in [3.05, 3.63) is 34.1 Å². The van der Waals surface area contributed by atoms with Gasteiger partial charge in [-0.15, -0.1) is 0 Å². The molecule has 22 heavy (non-hydrogen) atoms. The fraction of sp³-hybridized carbons (Fsp3) is 0.533. The molecule has 0 aliphatic carbocycles. The lowest BCUT2D eigenvalue weighted by Crippen LogP contribution is -2.41. The summed E-state index contributed by atoms with van der Waals surface area (Å²) in [6, 6.07) is 3.68. The van der Waals surface area contributed by atoms with E-state index < -0.39 is 4.92 Å². The number of aromatic nitrogens is 1. The van der Waals surface area contributed by atoms with Crippen molar-refractivity contribution in [2.75, 3.05) is 39.1 Å². The molecule has 1 aliphatic heterocycles. The highest BCUT2D eigenvalue weighted by atomic mass is 16.6. The van der Waals surface area contributed by atoms with Gasteiger partial charge >= 0.3 is 0 Å². The lowest BCUT2D eigenvalue weighted by Gasteiger charge is -2.32. The second-order valence-electron chi connectivity index (χ2n) is 5.70. The van der Waals surface area contributed by atoms with Crippen LogP contribution in [-0.2, 0) is 0 Å². The monoisotopic (exact) mass is 305 g/mol. The van der Waals surface area contributed by atoms with Crippen molar-refractivity contribution in [2.24, 2.45) is 0 Å². The molecule has 7 heteroatoms. The SMILES string of the molecule is CN(C)/C=C/c1nc(N(C)C2CCNCC2)ccc1[N+](=O)[O-]. The molecule has 1 aromatic heterocycles. The van der Waals surface area contributed by atoms with Crippen LogP contribution in [0.25, 0.3) is 6.08 Å². The van der Waals surface area contributed by atoms with Gasteiger partial charge in [-0.1, -0.05) is 0 Å². The van der Waals surface area contributed by atoms with Crippen molar-refractivity contribution in [1.82, 2.24) is 15.2 Å². The van der Waals surface area contributed by atoms with E-state index in [9.17, 15) is 10.1 Å². The van der Waals surface area contributed by atoms with Gasteiger partial charge in [-0.2, -0.15) is 0 Å². The van der Waals surface area contributed by atoms with Gasteiger partial charge in [0.2, 0.25) is 0 Å². The Kier molecular flexibility index (Phi) is 5.32. The number of nitrogens with zero attached hydrogens (tertiary/aromatic N) is 4. The normalized spacial score (nSPS) is 16.0. The molecule has 0 unspecified atom stereocenters. The van der Waals surface area contributed by atoms with E-state index in [4.69, 9.17) is 0 Å². The smallest absolute Gasteiger partial charge is 0.295 e. The average molecular weight is 305 g/mol. The number of piperidine rings is 1. The third-order valence-corrected chi connectivity index (χ3v) is 3.83. The molecule has 1 aliphatic rings. The molecule has 1 saturated heterocycles. The van der Waals surface area contributed by atoms with Gasteiger partial charge in [-0.05, 0) is 38.1 Å². The van der Waals surface area contributed by atoms with Crippen molar-refractivity contribution >= 4 is 17.6 Å². The number of nitro groups is 1. The van der Waals surface area contributed by atoms with Crippen LogP contribution in [0.5, 0.6) is 0 Å². The molecule has 1 aromatic rings. The van der Waals surface area contributed by atoms with Crippen molar-refractivity contribution in [3.63, 3.8) is 0 Å². The van der Waals surface area contributed by atoms with Crippen LogP contribution < -0.4 is 10.2 Å². The summed E-state index contributed by atoms with van der Waals surface area (Å²) in [4.78, 5) is 19.2. The summed E-state index contributed by atoms with van der Waals surface area (Å²) in [5.74, 6) is 0.774. The molecule has 0 saturated carbocycles. The first-order chi connectivity index (χ1) is 10.5. The quantitative estimate of drug-likeness (QED) is 0.659. The lowest BCUT2D eigenvalue weighted by molar-refractivity contribution is -0.385. The van der Waals surface area contributed by atoms with E-state index in [0.29, 0.717) is 11.7 Å². The summed E-state index contributed by atoms with van der Waals surface area (Å²) in [6.45, 7) is 1.99. The van der Waals surface area contributed by atoms with Crippen molar-refractivity contribution in [1.29, 1.82) is 0 Å². The maximum absolute atomic E-state index is 11.1. The largest absolute Gasteiger partial charge is 0.383 e. The van der Waals surface area contributed by atoms with E-state index in [1.54, 1.807) is 18.3 Å². The molecule has 1 fully saturated rings. The van der Waals surface area contributed by atoms with Gasteiger partial charge < -0.3 is 15.1 Å². The lowest BCUT2D eigenvalue weighted by atomic mass is 10.1. The van der Waals surface area contributed by atoms with Crippen LogP contribution >= 0.6 is 0 Å². The minimum Gasteiger partial charge on any atom is -0.383 e. The summed E-state index contributed by atoms with van der Waals surface area (Å²) < 4.78 is 0. The first kappa shape index (κ1) is 16.2. The first-order valence-electron chi connectivity index (χ1n) is 7.42. The standard InChI is InChI=1S/C15H23N5O2/c1-18(2)11-8-13-14(20(21)22)4-5-15(17-13)19(3)12-6-9-16-10-7-12/h4-5,8,11-12,16H,6-7,9-10H2,1-3H3/b11-8+. The summed E-state index contributed by atoms with van der Waals surface area (Å²) in [6.07, 6.45) is 5.55. The molecule has 0 atom stereocenters. The highest BCUT2D eigenvalue weighted by Crippen LogP contribution is 2.24. The van der Waals surface area contributed by atoms with E-state index in [1.807, 2.05) is 26.0 Å². The van der Waals surface area contributed by atoms with Gasteiger partial charge in [0.05, 0.1) is 4.92 Å². The second-order valence-corrected chi connectivity index (χ2v) is 5.70. The van der Waals surface area contributed by atoms with Crippen LogP contribution in [0.3, 0.4) is 0 Å². The fourth-order valence-corrected chi connectivity index (χ4v) is 2.53. The Hall–Kier alpha value is -2.15. The number of nitrogens with one attached hydrogen (secondary N) is 1. The van der Waals surface area contributed by atoms with Gasteiger partial charge in [-0.3, -0.25) is 10.1 Å². The van der Waals surface area contributed by atoms with Crippen LogP contribution in [0.4, 0.5) is 11.5 Å². The van der Waals surface area contributed by atoms with Crippen molar-refractivity contribution in [2.45, 2.75) is 18.9 Å². The molecule has 0 spiro atoms. The molecular formula is C15H23N5O2. The maximum Gasteiger partial charge on any atom is 0.295 e. The van der Waals surface area contributed by atoms with Gasteiger partial charge in [0.25, 0.3) is 5.69 Å². The number of anilines is 1. The molecular weight excluding hydrogens is 282 g/mol. The van der Waals surface area contributed by atoms with Crippen LogP contribution in [0, 0.1) is 10.1 Å². The number of hydrogen-bond acceptors (Lipinski definition) is 6. The number of pyridine rings is 1. The number of rotatable bonds is 5. The maximum atomic E-state index is 11.1. The zero-order valence-corrected chi connectivity index (χ0v) is 13.3. The van der Waals surface area contributed by atoms with Crippen molar-refractivity contribution < 1.29 is 4.92 Å². The number of hydrogen-bond donors (Lipinski definition) is 1. The Morgan fingerprint density at radius 2 is 2.00 bits per heavy atom. The molecule has 0 amide bonds. The average Bonchev–Trinajstić information content (AvgIpc) is 2.52. The minimum atomic E-state index is -0.392. The molecule has 120 valence electrons. The Bertz CT molecular complexity index is 553. The Morgan fingerprint density at radius 1 is 1.32 bits per heavy atom. The molecule has 7 nitrogen and oxygen atoms in total. The summed E-state index contributed by atoms with van der Waals surface area (Å²) >= 11 is 0. The highest BCUT2D eigenvalue weighted by molar-refractivity contribution is 5.60. The molecule has 2 heterocycles. The third-order valence-electron chi connectivity index (χ3n) is 3.83. The third kappa shape index (κ3) is 3.94. The van der Waals surface area contributed by atoms with E-state index in [-0.39, 0.29) is 5.69 Å². The Labute approximate surface area is 130 Å². The molecule has 0 bridgehead atoms.